The van der Waals surface area contributed by atoms with Crippen LogP contribution in [0.3, 0.4) is 0 Å². The van der Waals surface area contributed by atoms with Gasteiger partial charge in [0.1, 0.15) is 11.6 Å². The number of fused-ring (bicyclic) bond motifs is 1. The van der Waals surface area contributed by atoms with Gasteiger partial charge in [0, 0.05) is 24.7 Å². The molecule has 0 unspecified atom stereocenters. The third-order valence-electron chi connectivity index (χ3n) is 3.60. The molecule has 1 aliphatic rings. The minimum atomic E-state index is -3.63. The molecule has 0 saturated carbocycles. The predicted octanol–water partition coefficient (Wildman–Crippen LogP) is 2.12. The molecule has 5 nitrogen and oxygen atoms in total. The summed E-state index contributed by atoms with van der Waals surface area (Å²) >= 11 is 0. The first-order valence-corrected chi connectivity index (χ1v) is 8.39. The van der Waals surface area contributed by atoms with Crippen molar-refractivity contribution in [3.05, 3.63) is 53.6 Å². The van der Waals surface area contributed by atoms with E-state index in [0.29, 0.717) is 30.0 Å². The van der Waals surface area contributed by atoms with E-state index >= 15 is 0 Å². The highest BCUT2D eigenvalue weighted by atomic mass is 32.2. The molecule has 22 heavy (non-hydrogen) atoms. The maximum Gasteiger partial charge on any atom is 0.239 e. The van der Waals surface area contributed by atoms with Crippen LogP contribution in [-0.4, -0.2) is 27.1 Å². The number of rotatable bonds is 4. The maximum absolute atomic E-state index is 13.4. The fourth-order valence-corrected chi connectivity index (χ4v) is 4.21. The number of halogens is 1. The van der Waals surface area contributed by atoms with E-state index in [-0.39, 0.29) is 5.75 Å². The Morgan fingerprint density at radius 3 is 2.95 bits per heavy atom. The Morgan fingerprint density at radius 2 is 2.18 bits per heavy atom. The van der Waals surface area contributed by atoms with E-state index in [9.17, 15) is 12.8 Å². The summed E-state index contributed by atoms with van der Waals surface area (Å²) in [7, 11) is -2.20. The molecule has 2 heterocycles. The second-order valence-electron chi connectivity index (χ2n) is 5.00. The molecule has 0 fully saturated rings. The Labute approximate surface area is 128 Å². The molecule has 0 aliphatic carbocycles. The van der Waals surface area contributed by atoms with Crippen molar-refractivity contribution in [2.45, 2.75) is 12.2 Å². The van der Waals surface area contributed by atoms with Gasteiger partial charge in [-0.3, -0.25) is 9.29 Å². The van der Waals surface area contributed by atoms with Crippen molar-refractivity contribution in [3.8, 4) is 5.75 Å². The molecular formula is C15H15FN2O3S. The molecule has 0 atom stereocenters. The number of methoxy groups -OCH3 is 1. The molecule has 116 valence electrons. The third kappa shape index (κ3) is 2.64. The van der Waals surface area contributed by atoms with Crippen LogP contribution >= 0.6 is 0 Å². The first kappa shape index (κ1) is 14.8. The molecule has 0 radical (unpaired) electrons. The van der Waals surface area contributed by atoms with Gasteiger partial charge >= 0.3 is 0 Å². The number of aromatic nitrogens is 1. The molecule has 3 rings (SSSR count). The van der Waals surface area contributed by atoms with E-state index in [1.54, 1.807) is 18.3 Å². The van der Waals surface area contributed by atoms with Crippen molar-refractivity contribution in [1.29, 1.82) is 0 Å². The van der Waals surface area contributed by atoms with Crippen LogP contribution in [0, 0.1) is 5.82 Å². The Kier molecular flexibility index (Phi) is 3.74. The minimum absolute atomic E-state index is 0.305. The molecule has 0 N–H and O–H groups in total. The summed E-state index contributed by atoms with van der Waals surface area (Å²) in [6.07, 6.45) is 2.22. The van der Waals surface area contributed by atoms with Gasteiger partial charge < -0.3 is 4.74 Å². The highest BCUT2D eigenvalue weighted by Crippen LogP contribution is 2.31. The zero-order valence-corrected chi connectivity index (χ0v) is 12.8. The lowest BCUT2D eigenvalue weighted by Gasteiger charge is -2.20. The largest absolute Gasteiger partial charge is 0.496 e. The summed E-state index contributed by atoms with van der Waals surface area (Å²) in [5.41, 5.74) is 1.66. The second kappa shape index (κ2) is 5.57. The normalized spacial score (nSPS) is 14.0. The van der Waals surface area contributed by atoms with E-state index in [0.717, 1.165) is 5.69 Å². The summed E-state index contributed by atoms with van der Waals surface area (Å²) in [6.45, 7) is 0.353. The smallest absolute Gasteiger partial charge is 0.239 e. The first-order chi connectivity index (χ1) is 10.5. The van der Waals surface area contributed by atoms with Crippen LogP contribution in [0.5, 0.6) is 5.75 Å². The summed E-state index contributed by atoms with van der Waals surface area (Å²) in [5.74, 6) is -0.451. The molecule has 7 heteroatoms. The van der Waals surface area contributed by atoms with Gasteiger partial charge in [0.15, 0.2) is 0 Å². The quantitative estimate of drug-likeness (QED) is 0.865. The monoisotopic (exact) mass is 322 g/mol. The summed E-state index contributed by atoms with van der Waals surface area (Å²) in [6, 6.07) is 7.30. The Balaban J connectivity index is 1.94. The van der Waals surface area contributed by atoms with Crippen LogP contribution in [0.2, 0.25) is 0 Å². The van der Waals surface area contributed by atoms with E-state index in [4.69, 9.17) is 4.74 Å². The number of sulfonamides is 1. The van der Waals surface area contributed by atoms with Crippen molar-refractivity contribution < 1.29 is 17.5 Å². The molecule has 1 aromatic heterocycles. The van der Waals surface area contributed by atoms with Gasteiger partial charge in [0.05, 0.1) is 24.2 Å². The van der Waals surface area contributed by atoms with Gasteiger partial charge in [-0.1, -0.05) is 0 Å². The van der Waals surface area contributed by atoms with Gasteiger partial charge in [-0.2, -0.15) is 0 Å². The third-order valence-corrected chi connectivity index (χ3v) is 5.33. The van der Waals surface area contributed by atoms with E-state index in [1.807, 2.05) is 0 Å². The molecule has 0 spiro atoms. The summed E-state index contributed by atoms with van der Waals surface area (Å²) in [4.78, 5) is 4.19. The fraction of sp³-hybridized carbons (Fsp3) is 0.267. The molecule has 1 aromatic carbocycles. The van der Waals surface area contributed by atoms with Gasteiger partial charge in [-0.25, -0.2) is 12.8 Å². The van der Waals surface area contributed by atoms with Gasteiger partial charge in [0.2, 0.25) is 10.0 Å². The zero-order chi connectivity index (χ0) is 15.7. The molecular weight excluding hydrogens is 307 g/mol. The standard InChI is InChI=1S/C15H15FN2O3S/c1-21-15-5-4-12(16)9-11(15)10-22(19,20)18-8-6-13-14(18)3-2-7-17-13/h2-5,7,9H,6,8,10H2,1H3. The topological polar surface area (TPSA) is 59.5 Å². The molecule has 0 saturated heterocycles. The van der Waals surface area contributed by atoms with Crippen molar-refractivity contribution >= 4 is 15.7 Å². The van der Waals surface area contributed by atoms with Crippen LogP contribution in [-0.2, 0) is 22.2 Å². The van der Waals surface area contributed by atoms with E-state index in [2.05, 4.69) is 4.98 Å². The first-order valence-electron chi connectivity index (χ1n) is 6.78. The molecule has 1 aliphatic heterocycles. The highest BCUT2D eigenvalue weighted by Gasteiger charge is 2.30. The van der Waals surface area contributed by atoms with E-state index < -0.39 is 15.8 Å². The average Bonchev–Trinajstić information content (AvgIpc) is 2.92. The van der Waals surface area contributed by atoms with Crippen molar-refractivity contribution in [2.75, 3.05) is 18.0 Å². The average molecular weight is 322 g/mol. The fourth-order valence-electron chi connectivity index (χ4n) is 2.60. The number of pyridine rings is 1. The summed E-state index contributed by atoms with van der Waals surface area (Å²) < 4.78 is 45.2. The van der Waals surface area contributed by atoms with Crippen LogP contribution in [0.25, 0.3) is 0 Å². The second-order valence-corrected chi connectivity index (χ2v) is 6.90. The SMILES string of the molecule is COc1ccc(F)cc1CS(=O)(=O)N1CCc2ncccc21. The lowest BCUT2D eigenvalue weighted by Crippen LogP contribution is -2.30. The molecule has 0 amide bonds. The van der Waals surface area contributed by atoms with Crippen LogP contribution in [0.15, 0.2) is 36.5 Å². The zero-order valence-electron chi connectivity index (χ0n) is 12.0. The highest BCUT2D eigenvalue weighted by molar-refractivity contribution is 7.92. The van der Waals surface area contributed by atoms with Crippen molar-refractivity contribution in [3.63, 3.8) is 0 Å². The van der Waals surface area contributed by atoms with Crippen LogP contribution in [0.4, 0.5) is 10.1 Å². The van der Waals surface area contributed by atoms with Crippen molar-refractivity contribution in [1.82, 2.24) is 4.98 Å². The number of hydrogen-bond acceptors (Lipinski definition) is 4. The minimum Gasteiger partial charge on any atom is -0.496 e. The van der Waals surface area contributed by atoms with Gasteiger partial charge in [0.25, 0.3) is 0 Å². The lowest BCUT2D eigenvalue weighted by atomic mass is 10.2. The summed E-state index contributed by atoms with van der Waals surface area (Å²) in [5, 5.41) is 0. The van der Waals surface area contributed by atoms with Crippen LogP contribution in [0.1, 0.15) is 11.3 Å². The Bertz CT molecular complexity index is 808. The number of anilines is 1. The Morgan fingerprint density at radius 1 is 1.36 bits per heavy atom. The number of benzene rings is 1. The molecule has 2 aromatic rings. The van der Waals surface area contributed by atoms with Crippen molar-refractivity contribution in [2.24, 2.45) is 0 Å². The maximum atomic E-state index is 13.4. The predicted molar refractivity (Wildman–Crippen MR) is 80.9 cm³/mol. The molecule has 0 bridgehead atoms. The van der Waals surface area contributed by atoms with Crippen LogP contribution < -0.4 is 9.04 Å². The van der Waals surface area contributed by atoms with Gasteiger partial charge in [-0.05, 0) is 30.3 Å². The Hall–Kier alpha value is -2.15. The lowest BCUT2D eigenvalue weighted by molar-refractivity contribution is 0.409. The number of nitrogens with zero attached hydrogens (tertiary/aromatic N) is 2. The van der Waals surface area contributed by atoms with Gasteiger partial charge in [-0.15, -0.1) is 0 Å². The van der Waals surface area contributed by atoms with E-state index in [1.165, 1.54) is 29.6 Å². The number of hydrogen-bond donors (Lipinski definition) is 0. The number of ether oxygens (including phenoxy) is 1.